The van der Waals surface area contributed by atoms with Crippen LogP contribution in [-0.2, 0) is 12.8 Å². The van der Waals surface area contributed by atoms with Gasteiger partial charge in [-0.1, -0.05) is 26.7 Å². The van der Waals surface area contributed by atoms with E-state index in [4.69, 9.17) is 0 Å². The maximum atomic E-state index is 11.6. The molecule has 0 amide bonds. The second kappa shape index (κ2) is 9.20. The molecule has 1 fully saturated rings. The third kappa shape index (κ3) is 4.49. The summed E-state index contributed by atoms with van der Waals surface area (Å²) in [5, 5.41) is 11.6. The molecule has 0 aliphatic carbocycles. The van der Waals surface area contributed by atoms with Crippen LogP contribution >= 0.6 is 24.2 Å². The molecule has 0 bridgehead atoms. The summed E-state index contributed by atoms with van der Waals surface area (Å²) in [7, 11) is 0. The summed E-state index contributed by atoms with van der Waals surface area (Å²) in [6, 6.07) is 1.94. The van der Waals surface area contributed by atoms with Crippen LogP contribution in [0.5, 0.6) is 0 Å². The number of hydrogen-bond donors (Lipinski definition) is 0. The number of hydrogen-bond acceptors (Lipinski definition) is 5. The van der Waals surface area contributed by atoms with Crippen molar-refractivity contribution in [3.05, 3.63) is 27.6 Å². The summed E-state index contributed by atoms with van der Waals surface area (Å²) >= 11 is 1.91. The van der Waals surface area contributed by atoms with Crippen LogP contribution in [0.2, 0.25) is 0 Å². The quantitative estimate of drug-likeness (QED) is 0.578. The Labute approximate surface area is 142 Å². The van der Waals surface area contributed by atoms with Gasteiger partial charge in [-0.3, -0.25) is 15.1 Å². The van der Waals surface area contributed by atoms with E-state index in [1.165, 1.54) is 0 Å². The molecule has 1 aromatic rings. The molecule has 22 heavy (non-hydrogen) atoms. The van der Waals surface area contributed by atoms with Crippen molar-refractivity contribution in [3.8, 4) is 0 Å². The standard InChI is InChI=1S/C15H23N3O2S.ClH/c1-3-5-12-11-14(17-7-9-21-10-8-17)15(18(19)20)13(16-12)6-4-2;/h11H,3-10H2,1-2H3;1H. The minimum absolute atomic E-state index is 0. The molecule has 1 aliphatic heterocycles. The Morgan fingerprint density at radius 3 is 2.45 bits per heavy atom. The van der Waals surface area contributed by atoms with Crippen LogP contribution in [0.15, 0.2) is 6.07 Å². The van der Waals surface area contributed by atoms with Gasteiger partial charge < -0.3 is 4.90 Å². The molecule has 0 radical (unpaired) electrons. The monoisotopic (exact) mass is 345 g/mol. The second-order valence-electron chi connectivity index (χ2n) is 5.28. The molecule has 5 nitrogen and oxygen atoms in total. The highest BCUT2D eigenvalue weighted by Gasteiger charge is 2.26. The van der Waals surface area contributed by atoms with Crippen LogP contribution in [0.4, 0.5) is 11.4 Å². The fourth-order valence-electron chi connectivity index (χ4n) is 2.67. The Bertz CT molecular complexity index is 508. The van der Waals surface area contributed by atoms with Gasteiger partial charge in [0.15, 0.2) is 0 Å². The Morgan fingerprint density at radius 1 is 1.27 bits per heavy atom. The number of rotatable bonds is 6. The normalized spacial score (nSPS) is 14.5. The average Bonchev–Trinajstić information content (AvgIpc) is 2.48. The molecule has 124 valence electrons. The van der Waals surface area contributed by atoms with Crippen molar-refractivity contribution >= 4 is 35.5 Å². The lowest BCUT2D eigenvalue weighted by Gasteiger charge is -2.28. The number of halogens is 1. The predicted octanol–water partition coefficient (Wildman–Crippen LogP) is 3.87. The molecule has 0 aromatic carbocycles. The van der Waals surface area contributed by atoms with Crippen LogP contribution in [-0.4, -0.2) is 34.5 Å². The van der Waals surface area contributed by atoms with E-state index in [1.807, 2.05) is 24.8 Å². The molecule has 2 heterocycles. The van der Waals surface area contributed by atoms with Gasteiger partial charge >= 0.3 is 5.69 Å². The van der Waals surface area contributed by atoms with Crippen LogP contribution in [0, 0.1) is 10.1 Å². The van der Waals surface area contributed by atoms with E-state index >= 15 is 0 Å². The third-order valence-electron chi connectivity index (χ3n) is 3.63. The maximum absolute atomic E-state index is 11.6. The zero-order valence-electron chi connectivity index (χ0n) is 13.2. The van der Waals surface area contributed by atoms with Gasteiger partial charge in [-0.25, -0.2) is 0 Å². The minimum atomic E-state index is -0.245. The van der Waals surface area contributed by atoms with E-state index in [-0.39, 0.29) is 23.0 Å². The molecular weight excluding hydrogens is 322 g/mol. The molecule has 0 unspecified atom stereocenters. The fourth-order valence-corrected chi connectivity index (χ4v) is 3.58. The Balaban J connectivity index is 0.00000242. The molecule has 1 aromatic heterocycles. The van der Waals surface area contributed by atoms with Crippen molar-refractivity contribution in [2.45, 2.75) is 39.5 Å². The van der Waals surface area contributed by atoms with E-state index in [2.05, 4.69) is 16.8 Å². The number of aromatic nitrogens is 1. The highest BCUT2D eigenvalue weighted by molar-refractivity contribution is 7.99. The summed E-state index contributed by atoms with van der Waals surface area (Å²) in [6.45, 7) is 5.91. The zero-order chi connectivity index (χ0) is 15.2. The van der Waals surface area contributed by atoms with Crippen molar-refractivity contribution < 1.29 is 4.92 Å². The summed E-state index contributed by atoms with van der Waals surface area (Å²) in [5.41, 5.74) is 2.65. The fraction of sp³-hybridized carbons (Fsp3) is 0.667. The van der Waals surface area contributed by atoms with Gasteiger partial charge in [0.2, 0.25) is 0 Å². The van der Waals surface area contributed by atoms with Gasteiger partial charge in [0.05, 0.1) is 4.92 Å². The second-order valence-corrected chi connectivity index (χ2v) is 6.51. The molecule has 0 N–H and O–H groups in total. The first-order valence-corrected chi connectivity index (χ1v) is 8.82. The number of anilines is 1. The number of pyridine rings is 1. The van der Waals surface area contributed by atoms with Gasteiger partial charge in [0, 0.05) is 30.3 Å². The Kier molecular flexibility index (Phi) is 7.96. The summed E-state index contributed by atoms with van der Waals surface area (Å²) in [6.07, 6.45) is 3.43. The van der Waals surface area contributed by atoms with E-state index in [9.17, 15) is 10.1 Å². The Hall–Kier alpha value is -1.01. The predicted molar refractivity (Wildman–Crippen MR) is 95.7 cm³/mol. The largest absolute Gasteiger partial charge is 0.364 e. The van der Waals surface area contributed by atoms with Crippen molar-refractivity contribution in [2.24, 2.45) is 0 Å². The third-order valence-corrected chi connectivity index (χ3v) is 4.57. The zero-order valence-corrected chi connectivity index (χ0v) is 14.8. The summed E-state index contributed by atoms with van der Waals surface area (Å²) in [5.74, 6) is 2.07. The molecule has 2 rings (SSSR count). The lowest BCUT2D eigenvalue weighted by Crippen LogP contribution is -2.33. The number of thioether (sulfide) groups is 1. The van der Waals surface area contributed by atoms with E-state index < -0.39 is 0 Å². The smallest absolute Gasteiger partial charge is 0.313 e. The number of nitro groups is 1. The topological polar surface area (TPSA) is 59.3 Å². The SMILES string of the molecule is CCCc1cc(N2CCSCC2)c([N+](=O)[O-])c(CCC)n1.Cl. The molecule has 1 saturated heterocycles. The molecule has 0 spiro atoms. The maximum Gasteiger partial charge on any atom is 0.313 e. The number of aryl methyl sites for hydroxylation is 2. The van der Waals surface area contributed by atoms with Gasteiger partial charge in [-0.15, -0.1) is 12.4 Å². The van der Waals surface area contributed by atoms with Crippen molar-refractivity contribution in [2.75, 3.05) is 29.5 Å². The van der Waals surface area contributed by atoms with Crippen LogP contribution in [0.1, 0.15) is 38.1 Å². The van der Waals surface area contributed by atoms with Crippen molar-refractivity contribution in [3.63, 3.8) is 0 Å². The first-order chi connectivity index (χ1) is 10.2. The summed E-state index contributed by atoms with van der Waals surface area (Å²) in [4.78, 5) is 18.0. The minimum Gasteiger partial charge on any atom is -0.364 e. The van der Waals surface area contributed by atoms with Gasteiger partial charge in [0.1, 0.15) is 11.4 Å². The molecule has 7 heteroatoms. The van der Waals surface area contributed by atoms with Gasteiger partial charge in [-0.05, 0) is 18.9 Å². The highest BCUT2D eigenvalue weighted by atomic mass is 35.5. The Morgan fingerprint density at radius 2 is 1.91 bits per heavy atom. The molecular formula is C15H24ClN3O2S. The lowest BCUT2D eigenvalue weighted by molar-refractivity contribution is -0.385. The van der Waals surface area contributed by atoms with Gasteiger partial charge in [-0.2, -0.15) is 11.8 Å². The number of nitrogens with zero attached hydrogens (tertiary/aromatic N) is 3. The van der Waals surface area contributed by atoms with E-state index in [1.54, 1.807) is 0 Å². The molecule has 0 saturated carbocycles. The highest BCUT2D eigenvalue weighted by Crippen LogP contribution is 2.34. The van der Waals surface area contributed by atoms with E-state index in [0.29, 0.717) is 12.1 Å². The lowest BCUT2D eigenvalue weighted by atomic mass is 10.1. The summed E-state index contributed by atoms with van der Waals surface area (Å²) < 4.78 is 0. The van der Waals surface area contributed by atoms with Crippen LogP contribution in [0.25, 0.3) is 0 Å². The van der Waals surface area contributed by atoms with Crippen LogP contribution < -0.4 is 4.90 Å². The van der Waals surface area contributed by atoms with Gasteiger partial charge in [0.25, 0.3) is 0 Å². The van der Waals surface area contributed by atoms with E-state index in [0.717, 1.165) is 55.2 Å². The molecule has 1 aliphatic rings. The van der Waals surface area contributed by atoms with Crippen molar-refractivity contribution in [1.29, 1.82) is 0 Å². The molecule has 0 atom stereocenters. The average molecular weight is 346 g/mol. The van der Waals surface area contributed by atoms with Crippen LogP contribution in [0.3, 0.4) is 0 Å². The van der Waals surface area contributed by atoms with Crippen molar-refractivity contribution in [1.82, 2.24) is 4.98 Å². The first kappa shape index (κ1) is 19.0. The first-order valence-electron chi connectivity index (χ1n) is 7.67.